The predicted octanol–water partition coefficient (Wildman–Crippen LogP) is 14.2. The Bertz CT molecular complexity index is 1100. The van der Waals surface area contributed by atoms with E-state index in [1.54, 1.807) is 6.08 Å². The fourth-order valence-electron chi connectivity index (χ4n) is 9.41. The first-order valence-electron chi connectivity index (χ1n) is 29.1. The molecule has 0 aromatic carbocycles. The Morgan fingerprint density at radius 2 is 0.851 bits per heavy atom. The standard InChI is InChI=1S/C58H111NO8/c1-3-5-7-9-11-13-15-17-19-21-23-25-26-27-28-29-31-33-35-37-39-41-43-45-47-52(61)51(50-66-58-57(65)56(64)55(63)53(49-60)67-58)59-54(62)48-46-44-42-40-38-36-34-32-30-24-22-20-18-16-14-12-10-8-6-4-2/h37,39,45,47,51-53,55-58,60-61,63-65H,3-36,38,40-44,46,48-50H2,1-2H3,(H,59,62)/b39-37+,47-45+. The Kier molecular flexibility index (Phi) is 45.9. The summed E-state index contributed by atoms with van der Waals surface area (Å²) in [5, 5.41) is 54.5. The van der Waals surface area contributed by atoms with E-state index in [-0.39, 0.29) is 12.5 Å². The highest BCUT2D eigenvalue weighted by Crippen LogP contribution is 2.23. The molecule has 0 spiro atoms. The first kappa shape index (κ1) is 63.7. The van der Waals surface area contributed by atoms with Crippen molar-refractivity contribution in [3.05, 3.63) is 24.3 Å². The average molecular weight is 951 g/mol. The molecule has 7 unspecified atom stereocenters. The highest BCUT2D eigenvalue weighted by Gasteiger charge is 2.44. The van der Waals surface area contributed by atoms with Crippen LogP contribution in [0.25, 0.3) is 0 Å². The van der Waals surface area contributed by atoms with Gasteiger partial charge in [-0.3, -0.25) is 4.79 Å². The van der Waals surface area contributed by atoms with Crippen molar-refractivity contribution in [3.8, 4) is 0 Å². The molecule has 9 nitrogen and oxygen atoms in total. The number of carbonyl (C=O) groups excluding carboxylic acids is 1. The summed E-state index contributed by atoms with van der Waals surface area (Å²) in [6.07, 6.45) is 53.9. The van der Waals surface area contributed by atoms with E-state index < -0.39 is 49.5 Å². The number of carbonyl (C=O) groups is 1. The van der Waals surface area contributed by atoms with E-state index >= 15 is 0 Å². The van der Waals surface area contributed by atoms with Gasteiger partial charge in [0.05, 0.1) is 25.4 Å². The van der Waals surface area contributed by atoms with Crippen molar-refractivity contribution in [3.63, 3.8) is 0 Å². The second-order valence-corrected chi connectivity index (χ2v) is 20.4. The maximum atomic E-state index is 13.0. The van der Waals surface area contributed by atoms with Crippen LogP contribution in [-0.2, 0) is 14.3 Å². The van der Waals surface area contributed by atoms with Crippen LogP contribution in [0.2, 0.25) is 0 Å². The van der Waals surface area contributed by atoms with Gasteiger partial charge in [-0.1, -0.05) is 269 Å². The van der Waals surface area contributed by atoms with Gasteiger partial charge in [0, 0.05) is 6.42 Å². The zero-order valence-corrected chi connectivity index (χ0v) is 43.9. The van der Waals surface area contributed by atoms with Crippen molar-refractivity contribution < 1.29 is 39.8 Å². The Labute approximate surface area is 413 Å². The van der Waals surface area contributed by atoms with E-state index in [9.17, 15) is 30.3 Å². The molecule has 1 amide bonds. The Morgan fingerprint density at radius 3 is 1.25 bits per heavy atom. The van der Waals surface area contributed by atoms with Crippen LogP contribution in [-0.4, -0.2) is 87.5 Å². The molecule has 1 fully saturated rings. The van der Waals surface area contributed by atoms with Gasteiger partial charge in [-0.25, -0.2) is 0 Å². The molecule has 0 aliphatic carbocycles. The zero-order chi connectivity index (χ0) is 48.7. The number of hydrogen-bond acceptors (Lipinski definition) is 8. The third-order valence-electron chi connectivity index (χ3n) is 14.0. The lowest BCUT2D eigenvalue weighted by Gasteiger charge is -2.40. The minimum absolute atomic E-state index is 0.181. The van der Waals surface area contributed by atoms with Gasteiger partial charge < -0.3 is 40.3 Å². The molecule has 1 heterocycles. The maximum absolute atomic E-state index is 13.0. The summed E-state index contributed by atoms with van der Waals surface area (Å²) in [5.74, 6) is -0.181. The van der Waals surface area contributed by atoms with Crippen LogP contribution in [0, 0.1) is 0 Å². The van der Waals surface area contributed by atoms with E-state index in [4.69, 9.17) is 9.47 Å². The largest absolute Gasteiger partial charge is 0.394 e. The van der Waals surface area contributed by atoms with Gasteiger partial charge in [0.2, 0.25) is 5.91 Å². The minimum Gasteiger partial charge on any atom is -0.394 e. The van der Waals surface area contributed by atoms with Gasteiger partial charge in [0.25, 0.3) is 0 Å². The summed E-state index contributed by atoms with van der Waals surface area (Å²) in [5.41, 5.74) is 0. The van der Waals surface area contributed by atoms with Crippen LogP contribution < -0.4 is 5.32 Å². The number of aliphatic hydroxyl groups excluding tert-OH is 5. The molecule has 0 aromatic heterocycles. The van der Waals surface area contributed by atoms with Gasteiger partial charge in [-0.15, -0.1) is 0 Å². The maximum Gasteiger partial charge on any atom is 0.220 e. The van der Waals surface area contributed by atoms with Crippen molar-refractivity contribution >= 4 is 5.91 Å². The predicted molar refractivity (Wildman–Crippen MR) is 281 cm³/mol. The lowest BCUT2D eigenvalue weighted by molar-refractivity contribution is -0.302. The molecular formula is C58H111NO8. The van der Waals surface area contributed by atoms with Crippen molar-refractivity contribution in [2.24, 2.45) is 0 Å². The van der Waals surface area contributed by atoms with Crippen molar-refractivity contribution in [1.82, 2.24) is 5.32 Å². The molecule has 9 heteroatoms. The summed E-state index contributed by atoms with van der Waals surface area (Å²) >= 11 is 0. The fourth-order valence-corrected chi connectivity index (χ4v) is 9.41. The van der Waals surface area contributed by atoms with E-state index in [1.807, 2.05) is 6.08 Å². The number of unbranched alkanes of at least 4 members (excludes halogenated alkanes) is 38. The van der Waals surface area contributed by atoms with Gasteiger partial charge >= 0.3 is 0 Å². The van der Waals surface area contributed by atoms with Crippen molar-refractivity contribution in [2.75, 3.05) is 13.2 Å². The number of rotatable bonds is 50. The summed E-state index contributed by atoms with van der Waals surface area (Å²) in [6.45, 7) is 3.80. The number of allylic oxidation sites excluding steroid dienone is 3. The van der Waals surface area contributed by atoms with Gasteiger partial charge in [0.15, 0.2) is 6.29 Å². The minimum atomic E-state index is -1.57. The smallest absolute Gasteiger partial charge is 0.220 e. The summed E-state index contributed by atoms with van der Waals surface area (Å²) in [7, 11) is 0. The van der Waals surface area contributed by atoms with E-state index in [0.717, 1.165) is 38.5 Å². The highest BCUT2D eigenvalue weighted by molar-refractivity contribution is 5.76. The van der Waals surface area contributed by atoms with E-state index in [0.29, 0.717) is 6.42 Å². The molecule has 7 atom stereocenters. The second kappa shape index (κ2) is 48.3. The summed E-state index contributed by atoms with van der Waals surface area (Å²) < 4.78 is 11.3. The molecule has 1 rings (SSSR count). The summed E-state index contributed by atoms with van der Waals surface area (Å²) in [4.78, 5) is 13.0. The van der Waals surface area contributed by atoms with Crippen molar-refractivity contribution in [2.45, 2.75) is 326 Å². The number of aliphatic hydroxyl groups is 5. The third-order valence-corrected chi connectivity index (χ3v) is 14.0. The molecule has 1 saturated heterocycles. The molecule has 1 aliphatic rings. The monoisotopic (exact) mass is 950 g/mol. The van der Waals surface area contributed by atoms with Crippen LogP contribution in [0.1, 0.15) is 284 Å². The quantitative estimate of drug-likeness (QED) is 0.0261. The Balaban J connectivity index is 2.24. The molecule has 1 aliphatic heterocycles. The van der Waals surface area contributed by atoms with Crippen LogP contribution >= 0.6 is 0 Å². The highest BCUT2D eigenvalue weighted by atomic mass is 16.7. The fraction of sp³-hybridized carbons (Fsp3) is 0.914. The third kappa shape index (κ3) is 38.1. The first-order valence-corrected chi connectivity index (χ1v) is 29.1. The number of nitrogens with one attached hydrogen (secondary N) is 1. The van der Waals surface area contributed by atoms with Crippen LogP contribution in [0.3, 0.4) is 0 Å². The molecule has 0 bridgehead atoms. The molecule has 0 radical (unpaired) electrons. The van der Waals surface area contributed by atoms with Crippen molar-refractivity contribution in [1.29, 1.82) is 0 Å². The molecule has 6 N–H and O–H groups in total. The van der Waals surface area contributed by atoms with Crippen LogP contribution in [0.4, 0.5) is 0 Å². The normalized spacial score (nSPS) is 19.8. The average Bonchev–Trinajstić information content (AvgIpc) is 3.33. The topological polar surface area (TPSA) is 149 Å². The second-order valence-electron chi connectivity index (χ2n) is 20.4. The van der Waals surface area contributed by atoms with E-state index in [2.05, 4.69) is 31.3 Å². The van der Waals surface area contributed by atoms with Gasteiger partial charge in [-0.2, -0.15) is 0 Å². The van der Waals surface area contributed by atoms with Crippen LogP contribution in [0.5, 0.6) is 0 Å². The zero-order valence-electron chi connectivity index (χ0n) is 43.9. The number of amides is 1. The lowest BCUT2D eigenvalue weighted by Crippen LogP contribution is -2.60. The molecular weight excluding hydrogens is 839 g/mol. The summed E-state index contributed by atoms with van der Waals surface area (Å²) in [6, 6.07) is -0.818. The Morgan fingerprint density at radius 1 is 0.493 bits per heavy atom. The lowest BCUT2D eigenvalue weighted by atomic mass is 9.99. The molecule has 396 valence electrons. The SMILES string of the molecule is CCCCCCCCCCCCCCCCCCCC/C=C/CC/C=C/C(O)C(COC1OC(CO)C(O)C(O)C1O)NC(=O)CCCCCCCCCCCCCCCCCCCCCC. The molecule has 67 heavy (non-hydrogen) atoms. The number of hydrogen-bond donors (Lipinski definition) is 6. The van der Waals surface area contributed by atoms with Gasteiger partial charge in [0.1, 0.15) is 24.4 Å². The Hall–Kier alpha value is -1.33. The van der Waals surface area contributed by atoms with Gasteiger partial charge in [-0.05, 0) is 32.1 Å². The van der Waals surface area contributed by atoms with E-state index in [1.165, 1.54) is 225 Å². The molecule has 0 saturated carbocycles. The molecule has 0 aromatic rings. The first-order chi connectivity index (χ1) is 32.8. The van der Waals surface area contributed by atoms with Crippen LogP contribution in [0.15, 0.2) is 24.3 Å². The number of ether oxygens (including phenoxy) is 2.